The highest BCUT2D eigenvalue weighted by Crippen LogP contribution is 2.44. The van der Waals surface area contributed by atoms with Crippen LogP contribution in [0.3, 0.4) is 0 Å². The van der Waals surface area contributed by atoms with E-state index in [0.29, 0.717) is 44.8 Å². The first kappa shape index (κ1) is 16.5. The van der Waals surface area contributed by atoms with Crippen molar-refractivity contribution >= 4 is 33.1 Å². The van der Waals surface area contributed by atoms with Crippen molar-refractivity contribution in [1.82, 2.24) is 0 Å². The first-order chi connectivity index (χ1) is 12.7. The number of rotatable bonds is 4. The Labute approximate surface area is 153 Å². The van der Waals surface area contributed by atoms with Gasteiger partial charge < -0.3 is 18.6 Å². The minimum atomic E-state index is -0.139. The molecular formula is C20H16O5S. The molecule has 0 radical (unpaired) electrons. The van der Waals surface area contributed by atoms with Gasteiger partial charge in [0.1, 0.15) is 23.0 Å². The van der Waals surface area contributed by atoms with Crippen LogP contribution in [0.4, 0.5) is 0 Å². The van der Waals surface area contributed by atoms with Gasteiger partial charge in [-0.1, -0.05) is 6.07 Å². The van der Waals surface area contributed by atoms with E-state index < -0.39 is 0 Å². The summed E-state index contributed by atoms with van der Waals surface area (Å²) >= 11 is 1.51. The van der Waals surface area contributed by atoms with E-state index in [-0.39, 0.29) is 5.43 Å². The van der Waals surface area contributed by atoms with Crippen molar-refractivity contribution in [3.05, 3.63) is 52.0 Å². The number of ether oxygens (including phenoxy) is 3. The van der Waals surface area contributed by atoms with E-state index in [0.717, 1.165) is 4.88 Å². The summed E-state index contributed by atoms with van der Waals surface area (Å²) in [6.07, 6.45) is 0. The highest BCUT2D eigenvalue weighted by Gasteiger charge is 2.20. The number of hydrogen-bond donors (Lipinski definition) is 0. The maximum absolute atomic E-state index is 12.8. The Morgan fingerprint density at radius 2 is 1.58 bits per heavy atom. The maximum atomic E-state index is 12.8. The number of hydrogen-bond acceptors (Lipinski definition) is 6. The molecule has 0 amide bonds. The van der Waals surface area contributed by atoms with Crippen molar-refractivity contribution < 1.29 is 18.6 Å². The third-order valence-electron chi connectivity index (χ3n) is 4.29. The summed E-state index contributed by atoms with van der Waals surface area (Å²) < 4.78 is 22.7. The van der Waals surface area contributed by atoms with Crippen molar-refractivity contribution in [2.75, 3.05) is 21.3 Å². The van der Waals surface area contributed by atoms with E-state index >= 15 is 0 Å². The van der Waals surface area contributed by atoms with Gasteiger partial charge in [-0.25, -0.2) is 0 Å². The SMILES string of the molecule is COc1ccc(OC)c2c1c(OC)cc1c(=O)cc(-c3cccs3)oc12. The van der Waals surface area contributed by atoms with Gasteiger partial charge in [0, 0.05) is 6.07 Å². The molecule has 5 nitrogen and oxygen atoms in total. The van der Waals surface area contributed by atoms with E-state index in [1.165, 1.54) is 17.4 Å². The van der Waals surface area contributed by atoms with Gasteiger partial charge in [0.2, 0.25) is 0 Å². The van der Waals surface area contributed by atoms with Crippen molar-refractivity contribution in [2.45, 2.75) is 0 Å². The summed E-state index contributed by atoms with van der Waals surface area (Å²) in [5, 5.41) is 3.72. The Balaban J connectivity index is 2.23. The van der Waals surface area contributed by atoms with E-state index in [4.69, 9.17) is 18.6 Å². The maximum Gasteiger partial charge on any atom is 0.193 e. The second-order valence-corrected chi connectivity index (χ2v) is 6.58. The molecule has 0 bridgehead atoms. The van der Waals surface area contributed by atoms with Gasteiger partial charge in [0.25, 0.3) is 0 Å². The van der Waals surface area contributed by atoms with Gasteiger partial charge >= 0.3 is 0 Å². The van der Waals surface area contributed by atoms with E-state index in [9.17, 15) is 4.79 Å². The molecule has 2 aromatic heterocycles. The fourth-order valence-electron chi connectivity index (χ4n) is 3.10. The van der Waals surface area contributed by atoms with Crippen LogP contribution in [-0.2, 0) is 0 Å². The number of methoxy groups -OCH3 is 3. The van der Waals surface area contributed by atoms with Gasteiger partial charge in [-0.05, 0) is 29.6 Å². The number of fused-ring (bicyclic) bond motifs is 3. The molecule has 0 spiro atoms. The Kier molecular flexibility index (Phi) is 4.05. The van der Waals surface area contributed by atoms with Crippen molar-refractivity contribution in [3.63, 3.8) is 0 Å². The van der Waals surface area contributed by atoms with Crippen molar-refractivity contribution in [1.29, 1.82) is 0 Å². The molecule has 26 heavy (non-hydrogen) atoms. The summed E-state index contributed by atoms with van der Waals surface area (Å²) in [6.45, 7) is 0. The topological polar surface area (TPSA) is 57.9 Å². The van der Waals surface area contributed by atoms with Crippen molar-refractivity contribution in [2.24, 2.45) is 0 Å². The summed E-state index contributed by atoms with van der Waals surface area (Å²) in [7, 11) is 4.72. The second-order valence-electron chi connectivity index (χ2n) is 5.63. The first-order valence-corrected chi connectivity index (χ1v) is 8.79. The zero-order chi connectivity index (χ0) is 18.3. The molecule has 2 aromatic carbocycles. The predicted molar refractivity (Wildman–Crippen MR) is 103 cm³/mol. The largest absolute Gasteiger partial charge is 0.496 e. The molecule has 6 heteroatoms. The first-order valence-electron chi connectivity index (χ1n) is 7.91. The zero-order valence-electron chi connectivity index (χ0n) is 14.5. The van der Waals surface area contributed by atoms with Crippen LogP contribution in [0.25, 0.3) is 32.4 Å². The lowest BCUT2D eigenvalue weighted by atomic mass is 10.0. The Hall–Kier alpha value is -2.99. The van der Waals surface area contributed by atoms with Crippen LogP contribution in [0.15, 0.2) is 51.0 Å². The highest BCUT2D eigenvalue weighted by atomic mass is 32.1. The van der Waals surface area contributed by atoms with Gasteiger partial charge in [-0.2, -0.15) is 0 Å². The summed E-state index contributed by atoms with van der Waals surface area (Å²) in [5.41, 5.74) is 0.312. The van der Waals surface area contributed by atoms with Gasteiger partial charge in [0.05, 0.1) is 42.4 Å². The third kappa shape index (κ3) is 2.42. The molecule has 0 aliphatic heterocycles. The molecule has 0 N–H and O–H groups in total. The van der Waals surface area contributed by atoms with Gasteiger partial charge in [0.15, 0.2) is 11.0 Å². The second kappa shape index (κ2) is 6.38. The molecule has 0 saturated carbocycles. The van der Waals surface area contributed by atoms with Gasteiger partial charge in [-0.15, -0.1) is 11.3 Å². The molecule has 4 aromatic rings. The van der Waals surface area contributed by atoms with Crippen LogP contribution in [0, 0.1) is 0 Å². The third-order valence-corrected chi connectivity index (χ3v) is 5.17. The molecule has 132 valence electrons. The molecule has 4 rings (SSSR count). The summed E-state index contributed by atoms with van der Waals surface area (Å²) in [5.74, 6) is 2.24. The van der Waals surface area contributed by atoms with Crippen LogP contribution in [0.1, 0.15) is 0 Å². The minimum Gasteiger partial charge on any atom is -0.496 e. The Bertz CT molecular complexity index is 1160. The average Bonchev–Trinajstić information content (AvgIpc) is 3.21. The molecule has 0 atom stereocenters. The lowest BCUT2D eigenvalue weighted by Crippen LogP contribution is -2.02. The van der Waals surface area contributed by atoms with E-state index in [1.807, 2.05) is 17.5 Å². The van der Waals surface area contributed by atoms with Crippen molar-refractivity contribution in [3.8, 4) is 27.9 Å². The highest BCUT2D eigenvalue weighted by molar-refractivity contribution is 7.13. The fourth-order valence-corrected chi connectivity index (χ4v) is 3.78. The van der Waals surface area contributed by atoms with Crippen LogP contribution in [-0.4, -0.2) is 21.3 Å². The fraction of sp³-hybridized carbons (Fsp3) is 0.150. The molecule has 2 heterocycles. The summed E-state index contributed by atoms with van der Waals surface area (Å²) in [4.78, 5) is 13.7. The minimum absolute atomic E-state index is 0.139. The molecule has 0 aliphatic carbocycles. The predicted octanol–water partition coefficient (Wildman–Crippen LogP) is 4.70. The monoisotopic (exact) mass is 368 g/mol. The molecule has 0 fully saturated rings. The van der Waals surface area contributed by atoms with E-state index in [2.05, 4.69) is 0 Å². The number of benzene rings is 2. The lowest BCUT2D eigenvalue weighted by Gasteiger charge is -2.15. The Morgan fingerprint density at radius 1 is 0.885 bits per heavy atom. The van der Waals surface area contributed by atoms with Crippen LogP contribution in [0.2, 0.25) is 0 Å². The summed E-state index contributed by atoms with van der Waals surface area (Å²) in [6, 6.07) is 10.6. The molecule has 0 saturated heterocycles. The average molecular weight is 368 g/mol. The lowest BCUT2D eigenvalue weighted by molar-refractivity contribution is 0.400. The quantitative estimate of drug-likeness (QED) is 0.489. The van der Waals surface area contributed by atoms with Crippen LogP contribution < -0.4 is 19.6 Å². The zero-order valence-corrected chi connectivity index (χ0v) is 15.3. The van der Waals surface area contributed by atoms with Crippen LogP contribution in [0.5, 0.6) is 17.2 Å². The molecular weight excluding hydrogens is 352 g/mol. The van der Waals surface area contributed by atoms with Crippen LogP contribution >= 0.6 is 11.3 Å². The number of thiophene rings is 1. The normalized spacial score (nSPS) is 11.0. The Morgan fingerprint density at radius 3 is 2.19 bits per heavy atom. The molecule has 0 unspecified atom stereocenters. The van der Waals surface area contributed by atoms with Gasteiger partial charge in [-0.3, -0.25) is 4.79 Å². The van der Waals surface area contributed by atoms with E-state index in [1.54, 1.807) is 39.5 Å². The standard InChI is InChI=1S/C20H16O5S/c1-22-13-6-7-14(23-2)19-18(13)16(24-3)9-11-12(21)10-15(25-20(11)19)17-5-4-8-26-17/h4-10H,1-3H3. The smallest absolute Gasteiger partial charge is 0.193 e. The molecule has 0 aliphatic rings.